The molecule has 1 aromatic carbocycles. The van der Waals surface area contributed by atoms with Crippen molar-refractivity contribution in [1.29, 1.82) is 0 Å². The molecule has 2 aromatic rings. The van der Waals surface area contributed by atoms with Gasteiger partial charge in [-0.15, -0.1) is 11.3 Å². The van der Waals surface area contributed by atoms with Gasteiger partial charge in [-0.2, -0.15) is 4.89 Å². The molecule has 0 bridgehead atoms. The minimum Gasteiger partial charge on any atom is -0.156 e. The molecule has 2 rings (SSSR count). The van der Waals surface area contributed by atoms with Crippen molar-refractivity contribution in [3.63, 3.8) is 0 Å². The summed E-state index contributed by atoms with van der Waals surface area (Å²) in [5.74, 6) is 0. The average molecular weight is 197 g/mol. The van der Waals surface area contributed by atoms with E-state index in [4.69, 9.17) is 4.89 Å². The third kappa shape index (κ3) is 1.16. The van der Waals surface area contributed by atoms with Crippen LogP contribution in [0.3, 0.4) is 0 Å². The summed E-state index contributed by atoms with van der Waals surface area (Å²) in [4.78, 5) is 8.93. The van der Waals surface area contributed by atoms with E-state index in [2.05, 4.69) is 0 Å². The van der Waals surface area contributed by atoms with Crippen molar-refractivity contribution >= 4 is 34.8 Å². The predicted octanol–water partition coefficient (Wildman–Crippen LogP) is 2.26. The van der Waals surface area contributed by atoms with Crippen LogP contribution in [0.4, 0.5) is 0 Å². The van der Waals surface area contributed by atoms with Gasteiger partial charge in [-0.1, -0.05) is 12.1 Å². The Bertz CT molecular complexity index is 435. The highest BCUT2D eigenvalue weighted by Gasteiger charge is 2.21. The number of rotatable bonds is 1. The molecule has 1 N–H and O–H groups in total. The van der Waals surface area contributed by atoms with Crippen LogP contribution in [0.1, 0.15) is 0 Å². The molecule has 0 aliphatic heterocycles. The van der Waals surface area contributed by atoms with Crippen molar-refractivity contribution in [1.82, 2.24) is 0 Å². The SMILES string of the molecule is O=[P+](O)c1csc2ccccc12. The Morgan fingerprint density at radius 3 is 2.83 bits per heavy atom. The van der Waals surface area contributed by atoms with Gasteiger partial charge in [0.25, 0.3) is 0 Å². The quantitative estimate of drug-likeness (QED) is 0.712. The smallest absolute Gasteiger partial charge is 0.156 e. The maximum absolute atomic E-state index is 10.8. The zero-order chi connectivity index (χ0) is 8.55. The molecule has 0 radical (unpaired) electrons. The van der Waals surface area contributed by atoms with E-state index in [1.54, 1.807) is 5.38 Å². The number of benzene rings is 1. The van der Waals surface area contributed by atoms with Crippen molar-refractivity contribution in [2.24, 2.45) is 0 Å². The van der Waals surface area contributed by atoms with Crippen molar-refractivity contribution in [2.45, 2.75) is 0 Å². The van der Waals surface area contributed by atoms with Crippen LogP contribution in [0.15, 0.2) is 29.6 Å². The summed E-state index contributed by atoms with van der Waals surface area (Å²) < 4.78 is 11.9. The second-order valence-electron chi connectivity index (χ2n) is 2.39. The zero-order valence-electron chi connectivity index (χ0n) is 6.10. The summed E-state index contributed by atoms with van der Waals surface area (Å²) in [5.41, 5.74) is 0. The van der Waals surface area contributed by atoms with Gasteiger partial charge in [-0.25, -0.2) is 0 Å². The number of fused-ring (bicyclic) bond motifs is 1. The molecule has 0 saturated carbocycles. The number of hydrogen-bond donors (Lipinski definition) is 1. The van der Waals surface area contributed by atoms with Gasteiger partial charge in [-0.05, 0) is 16.7 Å². The van der Waals surface area contributed by atoms with Crippen LogP contribution in [-0.4, -0.2) is 4.89 Å². The summed E-state index contributed by atoms with van der Waals surface area (Å²) in [5, 5.41) is 3.18. The van der Waals surface area contributed by atoms with Crippen molar-refractivity contribution in [3.8, 4) is 0 Å². The molecule has 0 fully saturated rings. The average Bonchev–Trinajstić information content (AvgIpc) is 2.47. The van der Waals surface area contributed by atoms with E-state index in [0.29, 0.717) is 5.30 Å². The lowest BCUT2D eigenvalue weighted by molar-refractivity contribution is 0.513. The van der Waals surface area contributed by atoms with Gasteiger partial charge in [-0.3, -0.25) is 0 Å². The first-order valence-electron chi connectivity index (χ1n) is 3.41. The largest absolute Gasteiger partial charge is 0.547 e. The molecule has 0 saturated heterocycles. The first-order valence-corrected chi connectivity index (χ1v) is 5.50. The van der Waals surface area contributed by atoms with E-state index >= 15 is 0 Å². The molecule has 0 amide bonds. The molecular weight excluding hydrogens is 191 g/mol. The Morgan fingerprint density at radius 1 is 1.33 bits per heavy atom. The monoisotopic (exact) mass is 197 g/mol. The molecule has 2 nitrogen and oxygen atoms in total. The molecule has 1 heterocycles. The molecule has 1 atom stereocenters. The van der Waals surface area contributed by atoms with Crippen molar-refractivity contribution in [3.05, 3.63) is 29.6 Å². The second kappa shape index (κ2) is 2.94. The predicted molar refractivity (Wildman–Crippen MR) is 51.3 cm³/mol. The van der Waals surface area contributed by atoms with E-state index in [-0.39, 0.29) is 0 Å². The van der Waals surface area contributed by atoms with Crippen LogP contribution < -0.4 is 5.30 Å². The summed E-state index contributed by atoms with van der Waals surface area (Å²) in [6.07, 6.45) is 0. The third-order valence-electron chi connectivity index (χ3n) is 1.67. The van der Waals surface area contributed by atoms with Crippen molar-refractivity contribution < 1.29 is 9.46 Å². The summed E-state index contributed by atoms with van der Waals surface area (Å²) >= 11 is 1.50. The Labute approximate surface area is 74.3 Å². The van der Waals surface area contributed by atoms with Gasteiger partial charge < -0.3 is 0 Å². The van der Waals surface area contributed by atoms with Crippen LogP contribution in [0.5, 0.6) is 0 Å². The van der Waals surface area contributed by atoms with E-state index < -0.39 is 8.03 Å². The Hall–Kier alpha value is -0.760. The van der Waals surface area contributed by atoms with Gasteiger partial charge in [0.15, 0.2) is 0 Å². The van der Waals surface area contributed by atoms with Gasteiger partial charge >= 0.3 is 8.03 Å². The van der Waals surface area contributed by atoms with E-state index in [1.165, 1.54) is 11.3 Å². The highest BCUT2D eigenvalue weighted by molar-refractivity contribution is 7.49. The maximum Gasteiger partial charge on any atom is 0.547 e. The molecule has 4 heteroatoms. The lowest BCUT2D eigenvalue weighted by atomic mass is 10.3. The lowest BCUT2D eigenvalue weighted by Crippen LogP contribution is -1.89. The fourth-order valence-electron chi connectivity index (χ4n) is 1.11. The van der Waals surface area contributed by atoms with Gasteiger partial charge in [0.2, 0.25) is 5.30 Å². The first-order chi connectivity index (χ1) is 5.79. The standard InChI is InChI=1S/C8H5O2PS/c9-11(10)7-5-12-8-4-2-1-3-6(7)8/h1-5H/p+1. The minimum absolute atomic E-state index is 0.547. The summed E-state index contributed by atoms with van der Waals surface area (Å²) in [7, 11) is -2.20. The fourth-order valence-corrected chi connectivity index (χ4v) is 2.94. The van der Waals surface area contributed by atoms with E-state index in [1.807, 2.05) is 24.3 Å². The van der Waals surface area contributed by atoms with Gasteiger partial charge in [0.05, 0.1) is 0 Å². The van der Waals surface area contributed by atoms with Crippen LogP contribution in [0.25, 0.3) is 10.1 Å². The molecule has 60 valence electrons. The first kappa shape index (κ1) is 7.87. The van der Waals surface area contributed by atoms with Gasteiger partial charge in [0, 0.05) is 15.5 Å². The number of thiophene rings is 1. The van der Waals surface area contributed by atoms with Crippen LogP contribution in [0.2, 0.25) is 0 Å². The van der Waals surface area contributed by atoms with Crippen LogP contribution >= 0.6 is 19.4 Å². The molecule has 0 aliphatic carbocycles. The second-order valence-corrected chi connectivity index (χ2v) is 4.33. The molecule has 0 spiro atoms. The highest BCUT2D eigenvalue weighted by atomic mass is 32.1. The summed E-state index contributed by atoms with van der Waals surface area (Å²) in [6.45, 7) is 0. The Kier molecular flexibility index (Phi) is 1.93. The zero-order valence-corrected chi connectivity index (χ0v) is 7.81. The molecule has 1 aromatic heterocycles. The number of hydrogen-bond acceptors (Lipinski definition) is 2. The highest BCUT2D eigenvalue weighted by Crippen LogP contribution is 2.26. The van der Waals surface area contributed by atoms with E-state index in [9.17, 15) is 4.57 Å². The molecule has 12 heavy (non-hydrogen) atoms. The minimum atomic E-state index is -2.20. The van der Waals surface area contributed by atoms with Crippen molar-refractivity contribution in [2.75, 3.05) is 0 Å². The fraction of sp³-hybridized carbons (Fsp3) is 0. The normalized spacial score (nSPS) is 11.9. The third-order valence-corrected chi connectivity index (χ3v) is 3.59. The Morgan fingerprint density at radius 2 is 2.08 bits per heavy atom. The van der Waals surface area contributed by atoms with Crippen LogP contribution in [0, 0.1) is 0 Å². The molecule has 0 aliphatic rings. The van der Waals surface area contributed by atoms with Gasteiger partial charge in [0.1, 0.15) is 0 Å². The van der Waals surface area contributed by atoms with E-state index in [0.717, 1.165) is 10.1 Å². The molecule has 1 unspecified atom stereocenters. The summed E-state index contributed by atoms with van der Waals surface area (Å²) in [6, 6.07) is 7.61. The Balaban J connectivity index is 2.79. The van der Waals surface area contributed by atoms with Crippen LogP contribution in [-0.2, 0) is 4.57 Å². The maximum atomic E-state index is 10.8. The lowest BCUT2D eigenvalue weighted by Gasteiger charge is -1.83. The molecular formula is C8H6O2PS+. The topological polar surface area (TPSA) is 37.3 Å².